The summed E-state index contributed by atoms with van der Waals surface area (Å²) in [5, 5.41) is 7.33. The van der Waals surface area contributed by atoms with Crippen molar-refractivity contribution in [2.75, 3.05) is 0 Å². The predicted molar refractivity (Wildman–Crippen MR) is 66.5 cm³/mol. The molecule has 3 aromatic rings. The summed E-state index contributed by atoms with van der Waals surface area (Å²) in [5.41, 5.74) is 4.08. The monoisotopic (exact) mass is 224 g/mol. The number of nitrogens with one attached hydrogen (secondary N) is 1. The van der Waals surface area contributed by atoms with Gasteiger partial charge in [-0.25, -0.2) is 0 Å². The largest absolute Gasteiger partial charge is 0.464 e. The second-order valence-corrected chi connectivity index (χ2v) is 3.90. The number of benzene rings is 1. The van der Waals surface area contributed by atoms with Crippen molar-refractivity contribution in [2.45, 2.75) is 6.92 Å². The topological polar surface area (TPSA) is 41.8 Å². The lowest BCUT2D eigenvalue weighted by Crippen LogP contribution is -1.81. The van der Waals surface area contributed by atoms with Crippen LogP contribution >= 0.6 is 0 Å². The van der Waals surface area contributed by atoms with E-state index in [1.807, 2.05) is 37.3 Å². The molecule has 0 fully saturated rings. The molecule has 1 N–H and O–H groups in total. The van der Waals surface area contributed by atoms with Crippen LogP contribution in [-0.2, 0) is 0 Å². The van der Waals surface area contributed by atoms with Crippen LogP contribution in [0.25, 0.3) is 22.6 Å². The Kier molecular flexibility index (Phi) is 2.29. The smallest absolute Gasteiger partial charge is 0.137 e. The van der Waals surface area contributed by atoms with Gasteiger partial charge in [-0.1, -0.05) is 30.3 Å². The van der Waals surface area contributed by atoms with Crippen molar-refractivity contribution in [1.82, 2.24) is 10.2 Å². The molecule has 2 heterocycles. The third-order valence-corrected chi connectivity index (χ3v) is 2.78. The maximum atomic E-state index is 5.46. The highest BCUT2D eigenvalue weighted by atomic mass is 16.3. The molecule has 0 saturated carbocycles. The molecule has 0 aliphatic heterocycles. The second kappa shape index (κ2) is 3.94. The minimum absolute atomic E-state index is 0.843. The standard InChI is InChI=1S/C14H12N2O/c1-10-13(12-8-5-9-17-12)14(16-15-10)11-6-3-2-4-7-11/h2-9H,1H3,(H,15,16). The maximum Gasteiger partial charge on any atom is 0.137 e. The van der Waals surface area contributed by atoms with E-state index < -0.39 is 0 Å². The Morgan fingerprint density at radius 3 is 2.59 bits per heavy atom. The van der Waals surface area contributed by atoms with Crippen molar-refractivity contribution >= 4 is 0 Å². The lowest BCUT2D eigenvalue weighted by atomic mass is 10.0. The van der Waals surface area contributed by atoms with E-state index in [1.165, 1.54) is 0 Å². The molecule has 2 aromatic heterocycles. The Balaban J connectivity index is 2.20. The molecule has 0 unspecified atom stereocenters. The number of rotatable bonds is 2. The minimum Gasteiger partial charge on any atom is -0.464 e. The number of H-pyrrole nitrogens is 1. The van der Waals surface area contributed by atoms with Crippen molar-refractivity contribution in [3.8, 4) is 22.6 Å². The average Bonchev–Trinajstić information content (AvgIpc) is 2.99. The third kappa shape index (κ3) is 1.65. The fourth-order valence-corrected chi connectivity index (χ4v) is 1.97. The molecule has 1 aromatic carbocycles. The van der Waals surface area contributed by atoms with Gasteiger partial charge < -0.3 is 4.42 Å². The van der Waals surface area contributed by atoms with Crippen LogP contribution in [-0.4, -0.2) is 10.2 Å². The molecule has 0 aliphatic carbocycles. The summed E-state index contributed by atoms with van der Waals surface area (Å²) >= 11 is 0. The van der Waals surface area contributed by atoms with Gasteiger partial charge in [0, 0.05) is 5.56 Å². The summed E-state index contributed by atoms with van der Waals surface area (Å²) in [4.78, 5) is 0. The van der Waals surface area contributed by atoms with Crippen molar-refractivity contribution in [3.63, 3.8) is 0 Å². The highest BCUT2D eigenvalue weighted by Gasteiger charge is 2.15. The summed E-state index contributed by atoms with van der Waals surface area (Å²) < 4.78 is 5.46. The van der Waals surface area contributed by atoms with Gasteiger partial charge in [0.1, 0.15) is 5.76 Å². The number of aromatic amines is 1. The molecule has 84 valence electrons. The van der Waals surface area contributed by atoms with Crippen LogP contribution in [0.5, 0.6) is 0 Å². The summed E-state index contributed by atoms with van der Waals surface area (Å²) in [6, 6.07) is 14.0. The van der Waals surface area contributed by atoms with E-state index >= 15 is 0 Å². The molecular formula is C14H12N2O. The molecule has 0 bridgehead atoms. The Labute approximate surface area is 99.1 Å². The summed E-state index contributed by atoms with van der Waals surface area (Å²) in [5.74, 6) is 0.843. The van der Waals surface area contributed by atoms with Crippen LogP contribution in [0.3, 0.4) is 0 Å². The quantitative estimate of drug-likeness (QED) is 0.722. The van der Waals surface area contributed by atoms with Gasteiger partial charge in [0.2, 0.25) is 0 Å². The fraction of sp³-hybridized carbons (Fsp3) is 0.0714. The lowest BCUT2D eigenvalue weighted by molar-refractivity contribution is 0.582. The predicted octanol–water partition coefficient (Wildman–Crippen LogP) is 3.65. The van der Waals surface area contributed by atoms with E-state index in [4.69, 9.17) is 4.42 Å². The number of hydrogen-bond donors (Lipinski definition) is 1. The van der Waals surface area contributed by atoms with E-state index in [0.29, 0.717) is 0 Å². The number of nitrogens with zero attached hydrogens (tertiary/aromatic N) is 1. The molecule has 0 saturated heterocycles. The van der Waals surface area contributed by atoms with Crippen molar-refractivity contribution in [1.29, 1.82) is 0 Å². The van der Waals surface area contributed by atoms with Crippen LogP contribution in [0.15, 0.2) is 53.1 Å². The summed E-state index contributed by atoms with van der Waals surface area (Å²) in [7, 11) is 0. The van der Waals surface area contributed by atoms with Gasteiger partial charge >= 0.3 is 0 Å². The maximum absolute atomic E-state index is 5.46. The number of aromatic nitrogens is 2. The molecule has 3 heteroatoms. The van der Waals surface area contributed by atoms with E-state index in [0.717, 1.165) is 28.3 Å². The molecule has 0 radical (unpaired) electrons. The summed E-state index contributed by atoms with van der Waals surface area (Å²) in [6.07, 6.45) is 1.68. The first kappa shape index (κ1) is 9.90. The molecule has 17 heavy (non-hydrogen) atoms. The van der Waals surface area contributed by atoms with E-state index in [2.05, 4.69) is 22.3 Å². The number of aryl methyl sites for hydroxylation is 1. The highest BCUT2D eigenvalue weighted by Crippen LogP contribution is 2.32. The van der Waals surface area contributed by atoms with Crippen LogP contribution in [0.1, 0.15) is 5.69 Å². The zero-order valence-electron chi connectivity index (χ0n) is 9.47. The zero-order chi connectivity index (χ0) is 11.7. The Morgan fingerprint density at radius 1 is 1.06 bits per heavy atom. The lowest BCUT2D eigenvalue weighted by Gasteiger charge is -2.01. The van der Waals surface area contributed by atoms with Crippen molar-refractivity contribution < 1.29 is 4.42 Å². The van der Waals surface area contributed by atoms with Crippen molar-refractivity contribution in [3.05, 3.63) is 54.4 Å². The van der Waals surface area contributed by atoms with Gasteiger partial charge in [-0.3, -0.25) is 5.10 Å². The highest BCUT2D eigenvalue weighted by molar-refractivity contribution is 5.79. The van der Waals surface area contributed by atoms with Crippen LogP contribution in [0, 0.1) is 6.92 Å². The van der Waals surface area contributed by atoms with Gasteiger partial charge in [0.25, 0.3) is 0 Å². The fourth-order valence-electron chi connectivity index (χ4n) is 1.97. The van der Waals surface area contributed by atoms with Gasteiger partial charge in [-0.05, 0) is 19.1 Å². The Hall–Kier alpha value is -2.29. The normalized spacial score (nSPS) is 10.6. The van der Waals surface area contributed by atoms with Crippen LogP contribution < -0.4 is 0 Å². The first-order chi connectivity index (χ1) is 8.36. The van der Waals surface area contributed by atoms with Crippen molar-refractivity contribution in [2.24, 2.45) is 0 Å². The average molecular weight is 224 g/mol. The first-order valence-corrected chi connectivity index (χ1v) is 5.50. The van der Waals surface area contributed by atoms with Gasteiger partial charge in [-0.15, -0.1) is 0 Å². The van der Waals surface area contributed by atoms with E-state index in [1.54, 1.807) is 6.26 Å². The van der Waals surface area contributed by atoms with Gasteiger partial charge in [0.15, 0.2) is 0 Å². The SMILES string of the molecule is Cc1n[nH]c(-c2ccccc2)c1-c1ccco1. The molecular weight excluding hydrogens is 212 g/mol. The molecule has 0 atom stereocenters. The Morgan fingerprint density at radius 2 is 1.88 bits per heavy atom. The van der Waals surface area contributed by atoms with Gasteiger partial charge in [0.05, 0.1) is 23.2 Å². The van der Waals surface area contributed by atoms with Gasteiger partial charge in [-0.2, -0.15) is 5.10 Å². The number of hydrogen-bond acceptors (Lipinski definition) is 2. The van der Waals surface area contributed by atoms with Crippen LogP contribution in [0.2, 0.25) is 0 Å². The summed E-state index contributed by atoms with van der Waals surface area (Å²) in [6.45, 7) is 1.97. The second-order valence-electron chi connectivity index (χ2n) is 3.90. The van der Waals surface area contributed by atoms with E-state index in [9.17, 15) is 0 Å². The minimum atomic E-state index is 0.843. The van der Waals surface area contributed by atoms with Crippen LogP contribution in [0.4, 0.5) is 0 Å². The molecule has 0 spiro atoms. The van der Waals surface area contributed by atoms with E-state index in [-0.39, 0.29) is 0 Å². The molecule has 0 amide bonds. The molecule has 3 rings (SSSR count). The molecule has 3 nitrogen and oxygen atoms in total. The number of furan rings is 1. The molecule has 0 aliphatic rings. The zero-order valence-corrected chi connectivity index (χ0v) is 9.47. The first-order valence-electron chi connectivity index (χ1n) is 5.50. The Bertz CT molecular complexity index is 609. The third-order valence-electron chi connectivity index (χ3n) is 2.78.